The Kier molecular flexibility index (Phi) is 4.44. The molecular formula is C11H8BrCl2N3O2. The van der Waals surface area contributed by atoms with E-state index in [0.717, 1.165) is 5.56 Å². The molecule has 100 valence electrons. The topological polar surface area (TPSA) is 61.0 Å². The second kappa shape index (κ2) is 5.90. The van der Waals surface area contributed by atoms with Gasteiger partial charge in [0, 0.05) is 32.4 Å². The fourth-order valence-electron chi connectivity index (χ4n) is 1.65. The van der Waals surface area contributed by atoms with Crippen LogP contribution < -0.4 is 0 Å². The number of aromatic nitrogens is 2. The van der Waals surface area contributed by atoms with Crippen LogP contribution in [-0.4, -0.2) is 14.5 Å². The first-order valence-corrected chi connectivity index (χ1v) is 6.83. The van der Waals surface area contributed by atoms with E-state index in [1.54, 1.807) is 18.2 Å². The molecule has 0 radical (unpaired) electrons. The Labute approximate surface area is 127 Å². The van der Waals surface area contributed by atoms with E-state index in [-0.39, 0.29) is 5.82 Å². The van der Waals surface area contributed by atoms with Gasteiger partial charge in [0.15, 0.2) is 0 Å². The lowest BCUT2D eigenvalue weighted by Crippen LogP contribution is -2.06. The van der Waals surface area contributed by atoms with Crippen molar-refractivity contribution >= 4 is 44.9 Å². The Morgan fingerprint density at radius 3 is 2.79 bits per heavy atom. The Morgan fingerprint density at radius 1 is 1.42 bits per heavy atom. The van der Waals surface area contributed by atoms with E-state index >= 15 is 0 Å². The second-order valence-corrected chi connectivity index (χ2v) is 5.33. The zero-order valence-electron chi connectivity index (χ0n) is 9.52. The molecule has 2 rings (SSSR count). The van der Waals surface area contributed by atoms with Crippen molar-refractivity contribution in [2.45, 2.75) is 13.0 Å². The first-order chi connectivity index (χ1) is 8.99. The molecule has 0 bridgehead atoms. The normalized spacial score (nSPS) is 10.7. The lowest BCUT2D eigenvalue weighted by atomic mass is 10.1. The van der Waals surface area contributed by atoms with E-state index in [0.29, 0.717) is 27.7 Å². The summed E-state index contributed by atoms with van der Waals surface area (Å²) in [6, 6.07) is 5.19. The van der Waals surface area contributed by atoms with Gasteiger partial charge in [-0.1, -0.05) is 29.3 Å². The average molecular weight is 365 g/mol. The summed E-state index contributed by atoms with van der Waals surface area (Å²) in [7, 11) is 0. The molecule has 2 aromatic rings. The molecule has 0 unspecified atom stereocenters. The Bertz CT molecular complexity index is 630. The highest BCUT2D eigenvalue weighted by Crippen LogP contribution is 2.24. The highest BCUT2D eigenvalue weighted by Gasteiger charge is 2.18. The minimum atomic E-state index is -0.471. The Hall–Kier alpha value is -1.11. The van der Waals surface area contributed by atoms with Gasteiger partial charge in [-0.05, 0) is 22.6 Å². The maximum absolute atomic E-state index is 10.8. The van der Waals surface area contributed by atoms with Crippen molar-refractivity contribution < 1.29 is 4.92 Å². The summed E-state index contributed by atoms with van der Waals surface area (Å²) in [6.07, 6.45) is 1.76. The van der Waals surface area contributed by atoms with Crippen molar-refractivity contribution in [3.63, 3.8) is 0 Å². The molecule has 0 saturated heterocycles. The summed E-state index contributed by atoms with van der Waals surface area (Å²) < 4.78 is 1.90. The molecule has 0 amide bonds. The third-order valence-electron chi connectivity index (χ3n) is 2.59. The molecule has 0 spiro atoms. The number of imidazole rings is 1. The lowest BCUT2D eigenvalue weighted by Gasteiger charge is -2.05. The molecule has 0 saturated carbocycles. The summed E-state index contributed by atoms with van der Waals surface area (Å²) in [4.78, 5) is 14.2. The van der Waals surface area contributed by atoms with Crippen LogP contribution in [0.15, 0.2) is 29.1 Å². The SMILES string of the molecule is O=[N+]([O-])c1cnc(Br)n1CCc1ccc(Cl)cc1Cl. The highest BCUT2D eigenvalue weighted by atomic mass is 79.9. The van der Waals surface area contributed by atoms with Crippen molar-refractivity contribution in [3.8, 4) is 0 Å². The minimum Gasteiger partial charge on any atom is -0.358 e. The standard InChI is InChI=1S/C11H8BrCl2N3O2/c12-11-15-6-10(17(18)19)16(11)4-3-7-1-2-8(13)5-9(7)14/h1-2,5-6H,3-4H2. The first-order valence-electron chi connectivity index (χ1n) is 5.28. The lowest BCUT2D eigenvalue weighted by molar-refractivity contribution is -0.392. The summed E-state index contributed by atoms with van der Waals surface area (Å²) >= 11 is 15.1. The third-order valence-corrected chi connectivity index (χ3v) is 3.81. The van der Waals surface area contributed by atoms with Gasteiger partial charge in [0.2, 0.25) is 0 Å². The predicted molar refractivity (Wildman–Crippen MR) is 76.7 cm³/mol. The first kappa shape index (κ1) is 14.3. The molecule has 1 aromatic carbocycles. The fraction of sp³-hybridized carbons (Fsp3) is 0.182. The fourth-order valence-corrected chi connectivity index (χ4v) is 2.62. The molecule has 19 heavy (non-hydrogen) atoms. The van der Waals surface area contributed by atoms with Crippen LogP contribution in [0.3, 0.4) is 0 Å². The van der Waals surface area contributed by atoms with Gasteiger partial charge in [0.1, 0.15) is 6.20 Å². The van der Waals surface area contributed by atoms with Gasteiger partial charge >= 0.3 is 5.82 Å². The van der Waals surface area contributed by atoms with Gasteiger partial charge in [0.05, 0.1) is 6.54 Å². The third kappa shape index (κ3) is 3.26. The number of hydrogen-bond donors (Lipinski definition) is 0. The molecule has 5 nitrogen and oxygen atoms in total. The number of aryl methyl sites for hydroxylation is 1. The van der Waals surface area contributed by atoms with Crippen LogP contribution in [0.4, 0.5) is 5.82 Å². The van der Waals surface area contributed by atoms with Crippen molar-refractivity contribution in [1.82, 2.24) is 9.55 Å². The van der Waals surface area contributed by atoms with E-state index in [2.05, 4.69) is 20.9 Å². The van der Waals surface area contributed by atoms with Crippen molar-refractivity contribution in [3.05, 3.63) is 54.9 Å². The molecule has 8 heteroatoms. The van der Waals surface area contributed by atoms with Crippen molar-refractivity contribution in [2.24, 2.45) is 0 Å². The molecular weight excluding hydrogens is 357 g/mol. The van der Waals surface area contributed by atoms with Crippen LogP contribution in [0.2, 0.25) is 10.0 Å². The largest absolute Gasteiger partial charge is 0.358 e. The number of nitro groups is 1. The second-order valence-electron chi connectivity index (χ2n) is 3.78. The van der Waals surface area contributed by atoms with E-state index < -0.39 is 4.92 Å². The zero-order chi connectivity index (χ0) is 14.0. The number of benzene rings is 1. The van der Waals surface area contributed by atoms with Gasteiger partial charge in [-0.15, -0.1) is 0 Å². The summed E-state index contributed by atoms with van der Waals surface area (Å²) in [5.74, 6) is -0.0584. The molecule has 1 aromatic heterocycles. The van der Waals surface area contributed by atoms with Crippen LogP contribution in [0.5, 0.6) is 0 Å². The van der Waals surface area contributed by atoms with Gasteiger partial charge in [-0.2, -0.15) is 0 Å². The smallest absolute Gasteiger partial charge is 0.343 e. The van der Waals surface area contributed by atoms with Crippen molar-refractivity contribution in [2.75, 3.05) is 0 Å². The Balaban J connectivity index is 2.19. The number of halogens is 3. The summed E-state index contributed by atoms with van der Waals surface area (Å²) in [5, 5.41) is 11.9. The number of nitrogens with zero attached hydrogens (tertiary/aromatic N) is 3. The quantitative estimate of drug-likeness (QED) is 0.606. The van der Waals surface area contributed by atoms with Crippen LogP contribution >= 0.6 is 39.1 Å². The van der Waals surface area contributed by atoms with Crippen LogP contribution in [0, 0.1) is 10.1 Å². The molecule has 0 aliphatic carbocycles. The number of rotatable bonds is 4. The van der Waals surface area contributed by atoms with Crippen LogP contribution in [-0.2, 0) is 13.0 Å². The highest BCUT2D eigenvalue weighted by molar-refractivity contribution is 9.10. The van der Waals surface area contributed by atoms with E-state index in [1.807, 2.05) is 0 Å². The molecule has 0 fully saturated rings. The van der Waals surface area contributed by atoms with Crippen molar-refractivity contribution in [1.29, 1.82) is 0 Å². The van der Waals surface area contributed by atoms with Crippen LogP contribution in [0.25, 0.3) is 0 Å². The summed E-state index contributed by atoms with van der Waals surface area (Å²) in [6.45, 7) is 0.401. The average Bonchev–Trinajstić information content (AvgIpc) is 2.70. The minimum absolute atomic E-state index is 0.0584. The number of hydrogen-bond acceptors (Lipinski definition) is 3. The summed E-state index contributed by atoms with van der Waals surface area (Å²) in [5.41, 5.74) is 0.876. The molecule has 0 N–H and O–H groups in total. The van der Waals surface area contributed by atoms with E-state index in [1.165, 1.54) is 10.8 Å². The zero-order valence-corrected chi connectivity index (χ0v) is 12.6. The molecule has 0 aliphatic heterocycles. The molecule has 1 heterocycles. The van der Waals surface area contributed by atoms with Gasteiger partial charge in [-0.3, -0.25) is 0 Å². The Morgan fingerprint density at radius 2 is 2.16 bits per heavy atom. The maximum Gasteiger partial charge on any atom is 0.343 e. The monoisotopic (exact) mass is 363 g/mol. The predicted octanol–water partition coefficient (Wildman–Crippen LogP) is 4.10. The van der Waals surface area contributed by atoms with E-state index in [9.17, 15) is 10.1 Å². The van der Waals surface area contributed by atoms with Gasteiger partial charge < -0.3 is 10.1 Å². The van der Waals surface area contributed by atoms with E-state index in [4.69, 9.17) is 23.2 Å². The molecule has 0 atom stereocenters. The van der Waals surface area contributed by atoms with Gasteiger partial charge in [0.25, 0.3) is 4.73 Å². The van der Waals surface area contributed by atoms with Gasteiger partial charge in [-0.25, -0.2) is 9.55 Å². The maximum atomic E-state index is 10.8. The molecule has 0 aliphatic rings. The van der Waals surface area contributed by atoms with Crippen LogP contribution in [0.1, 0.15) is 5.56 Å².